The number of benzene rings is 3. The van der Waals surface area contributed by atoms with E-state index < -0.39 is 6.10 Å². The Hall–Kier alpha value is -3.33. The van der Waals surface area contributed by atoms with Crippen molar-refractivity contribution in [3.05, 3.63) is 90.0 Å². The molecule has 0 aliphatic carbocycles. The first-order valence-electron chi connectivity index (χ1n) is 8.50. The third-order valence-electron chi connectivity index (χ3n) is 4.52. The number of aliphatic hydroxyl groups is 1. The van der Waals surface area contributed by atoms with Gasteiger partial charge in [0.1, 0.15) is 23.7 Å². The van der Waals surface area contributed by atoms with Crippen molar-refractivity contribution in [2.45, 2.75) is 6.10 Å². The number of hydrogen-bond donors (Lipinski definition) is 1. The van der Waals surface area contributed by atoms with Gasteiger partial charge in [-0.2, -0.15) is 5.26 Å². The fourth-order valence-electron chi connectivity index (χ4n) is 3.05. The lowest BCUT2D eigenvalue weighted by Gasteiger charge is -2.14. The molecule has 0 spiro atoms. The van der Waals surface area contributed by atoms with Gasteiger partial charge >= 0.3 is 0 Å². The Kier molecular flexibility index (Phi) is 5.65. The van der Waals surface area contributed by atoms with Crippen LogP contribution in [-0.4, -0.2) is 14.7 Å². The Morgan fingerprint density at radius 2 is 1.86 bits per heavy atom. The Morgan fingerprint density at radius 3 is 2.57 bits per heavy atom. The Morgan fingerprint density at radius 1 is 1.07 bits per heavy atom. The van der Waals surface area contributed by atoms with Gasteiger partial charge in [0.15, 0.2) is 0 Å². The molecule has 0 aliphatic rings. The summed E-state index contributed by atoms with van der Waals surface area (Å²) in [4.78, 5) is 4.04. The molecular weight excluding hydrogens is 374 g/mol. The largest absolute Gasteiger partial charge is 0.456 e. The number of ether oxygens (including phenoxy) is 1. The van der Waals surface area contributed by atoms with Crippen LogP contribution in [0.25, 0.3) is 10.8 Å². The molecule has 1 heterocycles. The lowest BCUT2D eigenvalue weighted by molar-refractivity contribution is 0.211. The molecule has 5 nitrogen and oxygen atoms in total. The number of aliphatic hydroxyl groups excluding tert-OH is 1. The lowest BCUT2D eigenvalue weighted by Crippen LogP contribution is -2.05. The number of nitrogens with zero attached hydrogens (tertiary/aromatic N) is 3. The minimum absolute atomic E-state index is 0. The Balaban J connectivity index is 0.00000225. The average Bonchev–Trinajstić information content (AvgIpc) is 3.13. The lowest BCUT2D eigenvalue weighted by atomic mass is 10.0. The number of aromatic nitrogens is 2. The highest BCUT2D eigenvalue weighted by atomic mass is 35.5. The van der Waals surface area contributed by atoms with Crippen molar-refractivity contribution in [1.82, 2.24) is 9.55 Å². The van der Waals surface area contributed by atoms with Crippen LogP contribution >= 0.6 is 12.4 Å². The van der Waals surface area contributed by atoms with E-state index in [-0.39, 0.29) is 12.4 Å². The molecule has 1 unspecified atom stereocenters. The molecule has 0 saturated carbocycles. The molecule has 6 heteroatoms. The SMILES string of the molecule is Cl.Cn1cncc1C(O)c1ccc(C#N)c(Oc2ccc3ccccc3c2)c1. The van der Waals surface area contributed by atoms with Crippen molar-refractivity contribution < 1.29 is 9.84 Å². The van der Waals surface area contributed by atoms with Crippen molar-refractivity contribution in [1.29, 1.82) is 5.26 Å². The molecule has 1 aromatic heterocycles. The topological polar surface area (TPSA) is 71.1 Å². The maximum atomic E-state index is 10.7. The van der Waals surface area contributed by atoms with Crippen LogP contribution in [0.5, 0.6) is 11.5 Å². The van der Waals surface area contributed by atoms with Gasteiger partial charge in [-0.1, -0.05) is 36.4 Å². The summed E-state index contributed by atoms with van der Waals surface area (Å²) in [5, 5.41) is 22.2. The van der Waals surface area contributed by atoms with E-state index in [2.05, 4.69) is 11.1 Å². The molecule has 1 atom stereocenters. The zero-order valence-electron chi connectivity index (χ0n) is 15.1. The summed E-state index contributed by atoms with van der Waals surface area (Å²) >= 11 is 0. The van der Waals surface area contributed by atoms with Crippen molar-refractivity contribution in [2.75, 3.05) is 0 Å². The van der Waals surface area contributed by atoms with Crippen LogP contribution in [-0.2, 0) is 7.05 Å². The molecule has 4 aromatic rings. The quantitative estimate of drug-likeness (QED) is 0.545. The molecule has 1 N–H and O–H groups in total. The molecule has 0 saturated heterocycles. The second-order valence-electron chi connectivity index (χ2n) is 6.31. The van der Waals surface area contributed by atoms with Crippen LogP contribution in [0.15, 0.2) is 73.2 Å². The molecule has 0 fully saturated rings. The monoisotopic (exact) mass is 391 g/mol. The highest BCUT2D eigenvalue weighted by Gasteiger charge is 2.16. The number of aryl methyl sites for hydroxylation is 1. The molecule has 0 bridgehead atoms. The van der Waals surface area contributed by atoms with Gasteiger partial charge in [-0.15, -0.1) is 12.4 Å². The van der Waals surface area contributed by atoms with Gasteiger partial charge in [0.25, 0.3) is 0 Å². The third kappa shape index (κ3) is 3.70. The van der Waals surface area contributed by atoms with E-state index in [4.69, 9.17) is 4.74 Å². The van der Waals surface area contributed by atoms with E-state index in [1.165, 1.54) is 0 Å². The minimum Gasteiger partial charge on any atom is -0.456 e. The third-order valence-corrected chi connectivity index (χ3v) is 4.52. The number of hydrogen-bond acceptors (Lipinski definition) is 4. The first-order chi connectivity index (χ1) is 13.2. The smallest absolute Gasteiger partial charge is 0.145 e. The molecular formula is C22H18ClN3O2. The van der Waals surface area contributed by atoms with Crippen LogP contribution in [0, 0.1) is 11.3 Å². The van der Waals surface area contributed by atoms with Crippen LogP contribution in [0.1, 0.15) is 22.9 Å². The number of halogens is 1. The number of rotatable bonds is 4. The van der Waals surface area contributed by atoms with Gasteiger partial charge in [-0.3, -0.25) is 0 Å². The standard InChI is InChI=1S/C22H17N3O2.ClH/c1-25-14-24-13-20(25)22(26)17-6-7-18(12-23)21(11-17)27-19-9-8-15-4-2-3-5-16(15)10-19;/h2-11,13-14,22,26H,1H3;1H. The summed E-state index contributed by atoms with van der Waals surface area (Å²) in [6.45, 7) is 0. The second-order valence-corrected chi connectivity index (χ2v) is 6.31. The highest BCUT2D eigenvalue weighted by molar-refractivity contribution is 5.85. The minimum atomic E-state index is -0.857. The van der Waals surface area contributed by atoms with Crippen LogP contribution in [0.2, 0.25) is 0 Å². The fraction of sp³-hybridized carbons (Fsp3) is 0.0909. The number of imidazole rings is 1. The average molecular weight is 392 g/mol. The summed E-state index contributed by atoms with van der Waals surface area (Å²) in [6.07, 6.45) is 2.39. The van der Waals surface area contributed by atoms with Gasteiger partial charge in [0.2, 0.25) is 0 Å². The zero-order chi connectivity index (χ0) is 18.8. The summed E-state index contributed by atoms with van der Waals surface area (Å²) < 4.78 is 7.75. The Labute approximate surface area is 168 Å². The van der Waals surface area contributed by atoms with E-state index in [0.29, 0.717) is 28.3 Å². The maximum Gasteiger partial charge on any atom is 0.145 e. The maximum absolute atomic E-state index is 10.7. The van der Waals surface area contributed by atoms with Gasteiger partial charge in [-0.05, 0) is 40.6 Å². The summed E-state index contributed by atoms with van der Waals surface area (Å²) in [6, 6.07) is 21.0. The molecule has 4 rings (SSSR count). The normalized spacial score (nSPS) is 11.5. The zero-order valence-corrected chi connectivity index (χ0v) is 15.9. The summed E-state index contributed by atoms with van der Waals surface area (Å²) in [7, 11) is 1.82. The first kappa shape index (κ1) is 19.4. The molecule has 3 aromatic carbocycles. The van der Waals surface area contributed by atoms with Gasteiger partial charge in [-0.25, -0.2) is 4.98 Å². The fourth-order valence-corrected chi connectivity index (χ4v) is 3.05. The van der Waals surface area contributed by atoms with Gasteiger partial charge in [0, 0.05) is 7.05 Å². The van der Waals surface area contributed by atoms with Crippen molar-refractivity contribution in [2.24, 2.45) is 7.05 Å². The van der Waals surface area contributed by atoms with Crippen molar-refractivity contribution in [3.63, 3.8) is 0 Å². The van der Waals surface area contributed by atoms with E-state index in [9.17, 15) is 10.4 Å². The molecule has 140 valence electrons. The van der Waals surface area contributed by atoms with Crippen molar-refractivity contribution in [3.8, 4) is 17.6 Å². The van der Waals surface area contributed by atoms with E-state index in [1.807, 2.05) is 49.5 Å². The van der Waals surface area contributed by atoms with Crippen LogP contribution in [0.3, 0.4) is 0 Å². The van der Waals surface area contributed by atoms with E-state index >= 15 is 0 Å². The van der Waals surface area contributed by atoms with Crippen LogP contribution < -0.4 is 4.74 Å². The van der Waals surface area contributed by atoms with E-state index in [0.717, 1.165) is 10.8 Å². The van der Waals surface area contributed by atoms with E-state index in [1.54, 1.807) is 35.3 Å². The number of nitriles is 1. The van der Waals surface area contributed by atoms with Crippen molar-refractivity contribution >= 4 is 23.2 Å². The molecule has 0 radical (unpaired) electrons. The summed E-state index contributed by atoms with van der Waals surface area (Å²) in [5.41, 5.74) is 1.70. The second kappa shape index (κ2) is 8.13. The Bertz CT molecular complexity index is 1160. The van der Waals surface area contributed by atoms with Gasteiger partial charge < -0.3 is 14.4 Å². The molecule has 0 aliphatic heterocycles. The predicted molar refractivity (Wildman–Crippen MR) is 110 cm³/mol. The number of fused-ring (bicyclic) bond motifs is 1. The van der Waals surface area contributed by atoms with Crippen LogP contribution in [0.4, 0.5) is 0 Å². The summed E-state index contributed by atoms with van der Waals surface area (Å²) in [5.74, 6) is 1.05. The molecule has 0 amide bonds. The van der Waals surface area contributed by atoms with Gasteiger partial charge in [0.05, 0.1) is 23.8 Å². The predicted octanol–water partition coefficient (Wildman–Crippen LogP) is 4.74. The first-order valence-corrected chi connectivity index (χ1v) is 8.50. The molecule has 28 heavy (non-hydrogen) atoms. The highest BCUT2D eigenvalue weighted by Crippen LogP contribution is 2.31.